The van der Waals surface area contributed by atoms with Crippen molar-refractivity contribution in [1.29, 1.82) is 0 Å². The first-order chi connectivity index (χ1) is 9.69. The van der Waals surface area contributed by atoms with Gasteiger partial charge in [-0.2, -0.15) is 0 Å². The molecule has 118 valence electrons. The Morgan fingerprint density at radius 3 is 2.65 bits per heavy atom. The van der Waals surface area contributed by atoms with Gasteiger partial charge < -0.3 is 15.3 Å². The molecule has 1 aliphatic heterocycles. The number of piperidine rings is 1. The van der Waals surface area contributed by atoms with Crippen LogP contribution in [0.4, 0.5) is 0 Å². The molecular formula is C17H34N2O. The molecule has 2 aliphatic rings. The topological polar surface area (TPSA) is 35.5 Å². The van der Waals surface area contributed by atoms with Crippen molar-refractivity contribution < 1.29 is 5.11 Å². The minimum absolute atomic E-state index is 0.0235. The summed E-state index contributed by atoms with van der Waals surface area (Å²) in [6.45, 7) is 9.66. The number of rotatable bonds is 6. The van der Waals surface area contributed by atoms with Crippen LogP contribution in [0.2, 0.25) is 0 Å². The van der Waals surface area contributed by atoms with Crippen molar-refractivity contribution >= 4 is 0 Å². The van der Waals surface area contributed by atoms with Crippen molar-refractivity contribution in [2.24, 2.45) is 11.8 Å². The molecule has 1 heterocycles. The first kappa shape index (κ1) is 16.3. The standard InChI is InChI=1S/C17H34N2O/c1-3-10-19-11-4-5-16(13-19)14(2)18-12-15-6-8-17(20)9-7-15/h14-18,20H,3-13H2,1-2H3. The maximum atomic E-state index is 9.56. The SMILES string of the molecule is CCCN1CCCC(C(C)NCC2CCC(O)CC2)C1. The van der Waals surface area contributed by atoms with Gasteiger partial charge in [0.2, 0.25) is 0 Å². The molecule has 0 amide bonds. The molecule has 0 aromatic carbocycles. The van der Waals surface area contributed by atoms with Crippen LogP contribution in [0.15, 0.2) is 0 Å². The second kappa shape index (κ2) is 8.35. The van der Waals surface area contributed by atoms with Gasteiger partial charge >= 0.3 is 0 Å². The Hall–Kier alpha value is -0.120. The van der Waals surface area contributed by atoms with Crippen molar-refractivity contribution in [2.75, 3.05) is 26.2 Å². The first-order valence-electron chi connectivity index (χ1n) is 8.82. The van der Waals surface area contributed by atoms with Crippen molar-refractivity contribution in [3.63, 3.8) is 0 Å². The Morgan fingerprint density at radius 1 is 1.20 bits per heavy atom. The summed E-state index contributed by atoms with van der Waals surface area (Å²) in [4.78, 5) is 2.64. The Kier molecular flexibility index (Phi) is 6.79. The maximum Gasteiger partial charge on any atom is 0.0540 e. The summed E-state index contributed by atoms with van der Waals surface area (Å²) in [6.07, 6.45) is 8.43. The fourth-order valence-corrected chi connectivity index (χ4v) is 3.89. The zero-order valence-corrected chi connectivity index (χ0v) is 13.5. The molecular weight excluding hydrogens is 248 g/mol. The van der Waals surface area contributed by atoms with E-state index in [0.717, 1.165) is 31.2 Å². The minimum atomic E-state index is -0.0235. The molecule has 3 heteroatoms. The predicted molar refractivity (Wildman–Crippen MR) is 84.9 cm³/mol. The third-order valence-electron chi connectivity index (χ3n) is 5.33. The van der Waals surface area contributed by atoms with E-state index in [-0.39, 0.29) is 6.10 Å². The number of nitrogens with one attached hydrogen (secondary N) is 1. The molecule has 3 nitrogen and oxygen atoms in total. The minimum Gasteiger partial charge on any atom is -0.393 e. The molecule has 20 heavy (non-hydrogen) atoms. The summed E-state index contributed by atoms with van der Waals surface area (Å²) in [5, 5.41) is 13.4. The highest BCUT2D eigenvalue weighted by Gasteiger charge is 2.25. The van der Waals surface area contributed by atoms with Gasteiger partial charge in [0.1, 0.15) is 0 Å². The summed E-state index contributed by atoms with van der Waals surface area (Å²) in [5.41, 5.74) is 0. The molecule has 0 aromatic heterocycles. The fourth-order valence-electron chi connectivity index (χ4n) is 3.89. The molecule has 0 bridgehead atoms. The normalized spacial score (nSPS) is 34.0. The third-order valence-corrected chi connectivity index (χ3v) is 5.33. The van der Waals surface area contributed by atoms with Crippen LogP contribution >= 0.6 is 0 Å². The lowest BCUT2D eigenvalue weighted by atomic mass is 9.86. The Labute approximate surface area is 125 Å². The van der Waals surface area contributed by atoms with Crippen LogP contribution in [-0.2, 0) is 0 Å². The van der Waals surface area contributed by atoms with Gasteiger partial charge in [-0.15, -0.1) is 0 Å². The third kappa shape index (κ3) is 5.01. The van der Waals surface area contributed by atoms with Crippen molar-refractivity contribution in [2.45, 2.75) is 70.9 Å². The first-order valence-corrected chi connectivity index (χ1v) is 8.82. The molecule has 2 fully saturated rings. The van der Waals surface area contributed by atoms with Crippen molar-refractivity contribution in [1.82, 2.24) is 10.2 Å². The van der Waals surface area contributed by atoms with Crippen LogP contribution in [0, 0.1) is 11.8 Å². The monoisotopic (exact) mass is 282 g/mol. The van der Waals surface area contributed by atoms with Gasteiger partial charge in [-0.1, -0.05) is 6.92 Å². The van der Waals surface area contributed by atoms with Crippen LogP contribution in [0.1, 0.15) is 58.8 Å². The lowest BCUT2D eigenvalue weighted by Gasteiger charge is -2.37. The molecule has 0 aromatic rings. The van der Waals surface area contributed by atoms with Crippen LogP contribution in [-0.4, -0.2) is 48.3 Å². The van der Waals surface area contributed by atoms with Gasteiger partial charge in [0.15, 0.2) is 0 Å². The zero-order chi connectivity index (χ0) is 14.4. The predicted octanol–water partition coefficient (Wildman–Crippen LogP) is 2.64. The Bertz CT molecular complexity index is 262. The highest BCUT2D eigenvalue weighted by atomic mass is 16.3. The summed E-state index contributed by atoms with van der Waals surface area (Å²) >= 11 is 0. The molecule has 0 spiro atoms. The summed E-state index contributed by atoms with van der Waals surface area (Å²) in [7, 11) is 0. The molecule has 2 rings (SSSR count). The van der Waals surface area contributed by atoms with E-state index in [2.05, 4.69) is 24.1 Å². The average molecular weight is 282 g/mol. The van der Waals surface area contributed by atoms with Gasteiger partial charge in [-0.3, -0.25) is 0 Å². The van der Waals surface area contributed by atoms with E-state index in [1.54, 1.807) is 0 Å². The number of nitrogens with zero attached hydrogens (tertiary/aromatic N) is 1. The Balaban J connectivity index is 1.67. The number of aliphatic hydroxyl groups excluding tert-OH is 1. The molecule has 1 saturated carbocycles. The van der Waals surface area contributed by atoms with Crippen molar-refractivity contribution in [3.05, 3.63) is 0 Å². The van der Waals surface area contributed by atoms with E-state index in [1.807, 2.05) is 0 Å². The maximum absolute atomic E-state index is 9.56. The van der Waals surface area contributed by atoms with E-state index in [9.17, 15) is 5.11 Å². The molecule has 2 atom stereocenters. The van der Waals surface area contributed by atoms with E-state index >= 15 is 0 Å². The highest BCUT2D eigenvalue weighted by molar-refractivity contribution is 4.82. The second-order valence-electron chi connectivity index (χ2n) is 7.07. The summed E-state index contributed by atoms with van der Waals surface area (Å²) < 4.78 is 0. The summed E-state index contributed by atoms with van der Waals surface area (Å²) in [5.74, 6) is 1.61. The quantitative estimate of drug-likeness (QED) is 0.786. The number of hydrogen-bond acceptors (Lipinski definition) is 3. The lowest BCUT2D eigenvalue weighted by Crippen LogP contribution is -2.45. The van der Waals surface area contributed by atoms with Crippen molar-refractivity contribution in [3.8, 4) is 0 Å². The van der Waals surface area contributed by atoms with E-state index in [4.69, 9.17) is 0 Å². The highest BCUT2D eigenvalue weighted by Crippen LogP contribution is 2.25. The van der Waals surface area contributed by atoms with Crippen LogP contribution in [0.25, 0.3) is 0 Å². The van der Waals surface area contributed by atoms with Gasteiger partial charge in [-0.05, 0) is 83.3 Å². The number of likely N-dealkylation sites (tertiary alicyclic amines) is 1. The molecule has 1 aliphatic carbocycles. The number of aliphatic hydroxyl groups is 1. The number of hydrogen-bond donors (Lipinski definition) is 2. The summed E-state index contributed by atoms with van der Waals surface area (Å²) in [6, 6.07) is 0.640. The molecule has 1 saturated heterocycles. The molecule has 2 unspecified atom stereocenters. The average Bonchev–Trinajstić information content (AvgIpc) is 2.47. The van der Waals surface area contributed by atoms with Gasteiger partial charge in [0.25, 0.3) is 0 Å². The van der Waals surface area contributed by atoms with E-state index in [0.29, 0.717) is 6.04 Å². The lowest BCUT2D eigenvalue weighted by molar-refractivity contribution is 0.104. The fraction of sp³-hybridized carbons (Fsp3) is 1.00. The van der Waals surface area contributed by atoms with Crippen LogP contribution in [0.3, 0.4) is 0 Å². The molecule has 0 radical (unpaired) electrons. The zero-order valence-electron chi connectivity index (χ0n) is 13.5. The van der Waals surface area contributed by atoms with Gasteiger partial charge in [0, 0.05) is 12.6 Å². The van der Waals surface area contributed by atoms with E-state index in [1.165, 1.54) is 51.7 Å². The largest absolute Gasteiger partial charge is 0.393 e. The van der Waals surface area contributed by atoms with Crippen LogP contribution in [0.5, 0.6) is 0 Å². The molecule has 2 N–H and O–H groups in total. The smallest absolute Gasteiger partial charge is 0.0540 e. The van der Waals surface area contributed by atoms with Crippen LogP contribution < -0.4 is 5.32 Å². The second-order valence-corrected chi connectivity index (χ2v) is 7.07. The van der Waals surface area contributed by atoms with Gasteiger partial charge in [0.05, 0.1) is 6.10 Å². The van der Waals surface area contributed by atoms with Gasteiger partial charge in [-0.25, -0.2) is 0 Å². The Morgan fingerprint density at radius 2 is 1.95 bits per heavy atom. The van der Waals surface area contributed by atoms with E-state index < -0.39 is 0 Å².